The fraction of sp³-hybridized carbons (Fsp3) is 0.545. The van der Waals surface area contributed by atoms with E-state index in [2.05, 4.69) is 4.98 Å². The summed E-state index contributed by atoms with van der Waals surface area (Å²) >= 11 is 5.82. The molecule has 0 saturated heterocycles. The molecule has 82 valence electrons. The summed E-state index contributed by atoms with van der Waals surface area (Å²) in [6, 6.07) is 0. The van der Waals surface area contributed by atoms with Crippen molar-refractivity contribution >= 4 is 11.6 Å². The van der Waals surface area contributed by atoms with Crippen LogP contribution in [0.4, 0.5) is 4.39 Å². The molecule has 2 nitrogen and oxygen atoms in total. The van der Waals surface area contributed by atoms with Crippen molar-refractivity contribution < 1.29 is 9.50 Å². The predicted molar refractivity (Wildman–Crippen MR) is 56.5 cm³/mol. The molecule has 2 unspecified atom stereocenters. The van der Waals surface area contributed by atoms with E-state index in [-0.39, 0.29) is 11.6 Å². The molecule has 1 heterocycles. The van der Waals surface area contributed by atoms with Crippen LogP contribution in [0.1, 0.15) is 30.0 Å². The van der Waals surface area contributed by atoms with Gasteiger partial charge in [-0.1, -0.05) is 11.6 Å². The minimum Gasteiger partial charge on any atom is -0.396 e. The second-order valence-corrected chi connectivity index (χ2v) is 4.42. The molecule has 2 rings (SSSR count). The summed E-state index contributed by atoms with van der Waals surface area (Å²) in [5, 5.41) is 8.98. The lowest BCUT2D eigenvalue weighted by Gasteiger charge is -2.06. The van der Waals surface area contributed by atoms with Crippen molar-refractivity contribution in [1.82, 2.24) is 4.98 Å². The summed E-state index contributed by atoms with van der Waals surface area (Å²) in [7, 11) is 0. The quantitative estimate of drug-likeness (QED) is 0.865. The van der Waals surface area contributed by atoms with Crippen molar-refractivity contribution in [1.29, 1.82) is 0 Å². The van der Waals surface area contributed by atoms with E-state index in [4.69, 9.17) is 16.7 Å². The number of aliphatic hydroxyl groups is 1. The SMILES string of the molecule is Cc1c(C2CC2CCO)ncc(F)c1Cl. The van der Waals surface area contributed by atoms with Gasteiger partial charge < -0.3 is 5.11 Å². The Kier molecular flexibility index (Phi) is 2.94. The molecule has 0 spiro atoms. The highest BCUT2D eigenvalue weighted by atomic mass is 35.5. The average Bonchev–Trinajstić information content (AvgIpc) is 2.95. The van der Waals surface area contributed by atoms with Gasteiger partial charge in [0, 0.05) is 18.2 Å². The van der Waals surface area contributed by atoms with Gasteiger partial charge in [-0.3, -0.25) is 4.98 Å². The highest BCUT2D eigenvalue weighted by Crippen LogP contribution is 2.50. The van der Waals surface area contributed by atoms with Crippen molar-refractivity contribution in [3.8, 4) is 0 Å². The topological polar surface area (TPSA) is 33.1 Å². The maximum absolute atomic E-state index is 13.1. The minimum absolute atomic E-state index is 0.176. The van der Waals surface area contributed by atoms with Crippen molar-refractivity contribution in [2.75, 3.05) is 6.61 Å². The molecule has 0 bridgehead atoms. The van der Waals surface area contributed by atoms with E-state index in [1.165, 1.54) is 6.20 Å². The average molecular weight is 230 g/mol. The maximum Gasteiger partial charge on any atom is 0.160 e. The molecule has 0 aromatic carbocycles. The van der Waals surface area contributed by atoms with Gasteiger partial charge in [0.25, 0.3) is 0 Å². The van der Waals surface area contributed by atoms with Crippen molar-refractivity contribution in [3.63, 3.8) is 0 Å². The number of hydrogen-bond donors (Lipinski definition) is 1. The van der Waals surface area contributed by atoms with Crippen LogP contribution in [0.5, 0.6) is 0 Å². The highest BCUT2D eigenvalue weighted by molar-refractivity contribution is 6.31. The van der Waals surface area contributed by atoms with E-state index in [0.29, 0.717) is 11.8 Å². The monoisotopic (exact) mass is 229 g/mol. The van der Waals surface area contributed by atoms with Crippen molar-refractivity contribution in [3.05, 3.63) is 28.3 Å². The lowest BCUT2D eigenvalue weighted by Crippen LogP contribution is -1.97. The molecule has 0 amide bonds. The van der Waals surface area contributed by atoms with Gasteiger partial charge >= 0.3 is 0 Å². The van der Waals surface area contributed by atoms with Crippen LogP contribution in [0.3, 0.4) is 0 Å². The van der Waals surface area contributed by atoms with E-state index >= 15 is 0 Å². The second-order valence-electron chi connectivity index (χ2n) is 4.04. The third-order valence-corrected chi connectivity index (χ3v) is 3.48. The molecule has 2 atom stereocenters. The molecule has 1 aromatic heterocycles. The Morgan fingerprint density at radius 2 is 2.40 bits per heavy atom. The van der Waals surface area contributed by atoms with E-state index in [1.54, 1.807) is 6.92 Å². The Bertz CT molecular complexity index is 383. The smallest absolute Gasteiger partial charge is 0.160 e. The van der Waals surface area contributed by atoms with E-state index < -0.39 is 5.82 Å². The minimum atomic E-state index is -0.461. The fourth-order valence-electron chi connectivity index (χ4n) is 2.01. The van der Waals surface area contributed by atoms with E-state index in [9.17, 15) is 4.39 Å². The van der Waals surface area contributed by atoms with Crippen LogP contribution in [0, 0.1) is 18.7 Å². The number of nitrogens with zero attached hydrogens (tertiary/aromatic N) is 1. The maximum atomic E-state index is 13.1. The molecular formula is C11H13ClFNO. The normalized spacial score (nSPS) is 24.3. The van der Waals surface area contributed by atoms with Crippen LogP contribution >= 0.6 is 11.6 Å². The van der Waals surface area contributed by atoms with Crippen LogP contribution < -0.4 is 0 Å². The number of rotatable bonds is 3. The van der Waals surface area contributed by atoms with Gasteiger partial charge in [-0.2, -0.15) is 0 Å². The molecule has 4 heteroatoms. The second kappa shape index (κ2) is 4.06. The van der Waals surface area contributed by atoms with Gasteiger partial charge in [0.15, 0.2) is 5.82 Å². The first kappa shape index (κ1) is 10.8. The predicted octanol–water partition coefficient (Wildman–Crippen LogP) is 2.67. The van der Waals surface area contributed by atoms with Crippen LogP contribution in [-0.2, 0) is 0 Å². The third-order valence-electron chi connectivity index (χ3n) is 3.01. The molecule has 1 aromatic rings. The third kappa shape index (κ3) is 1.99. The van der Waals surface area contributed by atoms with Crippen LogP contribution in [-0.4, -0.2) is 16.7 Å². The zero-order valence-corrected chi connectivity index (χ0v) is 9.26. The van der Waals surface area contributed by atoms with Crippen LogP contribution in [0.25, 0.3) is 0 Å². The van der Waals surface area contributed by atoms with Gasteiger partial charge in [-0.25, -0.2) is 4.39 Å². The van der Waals surface area contributed by atoms with Crippen molar-refractivity contribution in [2.24, 2.45) is 5.92 Å². The molecular weight excluding hydrogens is 217 g/mol. The molecule has 0 radical (unpaired) electrons. The van der Waals surface area contributed by atoms with E-state index in [1.807, 2.05) is 0 Å². The molecule has 1 fully saturated rings. The van der Waals surface area contributed by atoms with Gasteiger partial charge in [-0.05, 0) is 31.2 Å². The Hall–Kier alpha value is -0.670. The fourth-order valence-corrected chi connectivity index (χ4v) is 2.16. The van der Waals surface area contributed by atoms with Gasteiger partial charge in [0.1, 0.15) is 0 Å². The molecule has 15 heavy (non-hydrogen) atoms. The zero-order chi connectivity index (χ0) is 11.0. The Labute approximate surface area is 93.1 Å². The summed E-state index contributed by atoms with van der Waals surface area (Å²) < 4.78 is 13.1. The van der Waals surface area contributed by atoms with Gasteiger partial charge in [-0.15, -0.1) is 0 Å². The van der Waals surface area contributed by atoms with Crippen molar-refractivity contribution in [2.45, 2.75) is 25.7 Å². The number of hydrogen-bond acceptors (Lipinski definition) is 2. The summed E-state index contributed by atoms with van der Waals surface area (Å²) in [5.41, 5.74) is 1.63. The molecule has 1 aliphatic rings. The standard InChI is InChI=1S/C11H13ClFNO/c1-6-10(12)9(13)5-14-11(6)8-4-7(8)2-3-15/h5,7-8,15H,2-4H2,1H3. The lowest BCUT2D eigenvalue weighted by molar-refractivity contribution is 0.279. The molecule has 1 aliphatic carbocycles. The van der Waals surface area contributed by atoms with Gasteiger partial charge in [0.2, 0.25) is 0 Å². The summed E-state index contributed by atoms with van der Waals surface area (Å²) in [6.07, 6.45) is 3.00. The summed E-state index contributed by atoms with van der Waals surface area (Å²) in [5.74, 6) is 0.384. The molecule has 1 N–H and O–H groups in total. The first-order valence-electron chi connectivity index (χ1n) is 5.06. The number of pyridine rings is 1. The summed E-state index contributed by atoms with van der Waals surface area (Å²) in [4.78, 5) is 4.09. The first-order valence-corrected chi connectivity index (χ1v) is 5.44. The molecule has 0 aliphatic heterocycles. The van der Waals surface area contributed by atoms with Crippen LogP contribution in [0.15, 0.2) is 6.20 Å². The zero-order valence-electron chi connectivity index (χ0n) is 8.50. The summed E-state index contributed by atoms with van der Waals surface area (Å²) in [6.45, 7) is 2.00. The first-order chi connectivity index (χ1) is 7.15. The van der Waals surface area contributed by atoms with Gasteiger partial charge in [0.05, 0.1) is 11.2 Å². The Balaban J connectivity index is 2.21. The largest absolute Gasteiger partial charge is 0.396 e. The van der Waals surface area contributed by atoms with Crippen LogP contribution in [0.2, 0.25) is 5.02 Å². The molecule has 1 saturated carbocycles. The Morgan fingerprint density at radius 3 is 3.07 bits per heavy atom. The number of aromatic nitrogens is 1. The highest BCUT2D eigenvalue weighted by Gasteiger charge is 2.39. The number of halogens is 2. The Morgan fingerprint density at radius 1 is 1.67 bits per heavy atom. The lowest BCUT2D eigenvalue weighted by atomic mass is 10.1. The van der Waals surface area contributed by atoms with E-state index in [0.717, 1.165) is 24.1 Å². The number of aliphatic hydroxyl groups excluding tert-OH is 1.